The van der Waals surface area contributed by atoms with Gasteiger partial charge in [-0.2, -0.15) is 0 Å². The summed E-state index contributed by atoms with van der Waals surface area (Å²) in [7, 11) is 0. The van der Waals surface area contributed by atoms with E-state index in [1.54, 1.807) is 13.0 Å². The maximum Gasteiger partial charge on any atom is 0.130 e. The first-order valence-electron chi connectivity index (χ1n) is 3.97. The van der Waals surface area contributed by atoms with Gasteiger partial charge in [0.25, 0.3) is 0 Å². The number of alkyl halides is 1. The SMILES string of the molecule is C=C(C)/C=C(\C(=C)C)C(C)(C)F. The summed E-state index contributed by atoms with van der Waals surface area (Å²) in [5.74, 6) is 0. The van der Waals surface area contributed by atoms with Crippen molar-refractivity contribution < 1.29 is 4.39 Å². The minimum Gasteiger partial charge on any atom is -0.239 e. The summed E-state index contributed by atoms with van der Waals surface area (Å²) in [4.78, 5) is 0. The van der Waals surface area contributed by atoms with Crippen molar-refractivity contribution in [1.29, 1.82) is 0 Å². The highest BCUT2D eigenvalue weighted by molar-refractivity contribution is 5.38. The van der Waals surface area contributed by atoms with Crippen LogP contribution in [0.4, 0.5) is 4.39 Å². The molecule has 0 saturated heterocycles. The average Bonchev–Trinajstić information content (AvgIpc) is 1.79. The van der Waals surface area contributed by atoms with E-state index >= 15 is 0 Å². The van der Waals surface area contributed by atoms with Crippen LogP contribution in [0, 0.1) is 0 Å². The molecule has 0 radical (unpaired) electrons. The van der Waals surface area contributed by atoms with Gasteiger partial charge >= 0.3 is 0 Å². The van der Waals surface area contributed by atoms with Crippen molar-refractivity contribution in [3.63, 3.8) is 0 Å². The minimum absolute atomic E-state index is 0.620. The third-order valence-electron chi connectivity index (χ3n) is 1.49. The van der Waals surface area contributed by atoms with E-state index in [2.05, 4.69) is 13.2 Å². The Morgan fingerprint density at radius 1 is 1.25 bits per heavy atom. The average molecular weight is 168 g/mol. The van der Waals surface area contributed by atoms with Gasteiger partial charge in [0, 0.05) is 0 Å². The topological polar surface area (TPSA) is 0 Å². The number of allylic oxidation sites excluding steroid dienone is 4. The van der Waals surface area contributed by atoms with E-state index in [4.69, 9.17) is 0 Å². The maximum absolute atomic E-state index is 13.5. The van der Waals surface area contributed by atoms with Crippen LogP contribution in [0.25, 0.3) is 0 Å². The molecular formula is C11H17F. The third-order valence-corrected chi connectivity index (χ3v) is 1.49. The van der Waals surface area contributed by atoms with Crippen LogP contribution in [0.3, 0.4) is 0 Å². The minimum atomic E-state index is -1.33. The van der Waals surface area contributed by atoms with Crippen molar-refractivity contribution in [3.05, 3.63) is 36.0 Å². The molecule has 0 aromatic carbocycles. The summed E-state index contributed by atoms with van der Waals surface area (Å²) < 4.78 is 13.5. The molecule has 0 atom stereocenters. The van der Waals surface area contributed by atoms with Gasteiger partial charge in [0.2, 0.25) is 0 Å². The summed E-state index contributed by atoms with van der Waals surface area (Å²) in [6.07, 6.45) is 1.74. The Labute approximate surface area is 74.5 Å². The molecule has 0 aliphatic carbocycles. The van der Waals surface area contributed by atoms with E-state index in [0.29, 0.717) is 5.57 Å². The van der Waals surface area contributed by atoms with Crippen molar-refractivity contribution in [2.24, 2.45) is 0 Å². The van der Waals surface area contributed by atoms with Crippen molar-refractivity contribution in [1.82, 2.24) is 0 Å². The first-order chi connectivity index (χ1) is 5.25. The molecule has 0 bridgehead atoms. The Balaban J connectivity index is 4.94. The molecule has 0 saturated carbocycles. The van der Waals surface area contributed by atoms with E-state index in [0.717, 1.165) is 11.1 Å². The second-order valence-electron chi connectivity index (χ2n) is 3.66. The summed E-state index contributed by atoms with van der Waals surface area (Å²) in [5.41, 5.74) is 0.893. The van der Waals surface area contributed by atoms with Crippen LogP contribution in [0.1, 0.15) is 27.7 Å². The Morgan fingerprint density at radius 3 is 1.75 bits per heavy atom. The second-order valence-corrected chi connectivity index (χ2v) is 3.66. The fourth-order valence-corrected chi connectivity index (χ4v) is 1.05. The lowest BCUT2D eigenvalue weighted by Crippen LogP contribution is -2.16. The van der Waals surface area contributed by atoms with Gasteiger partial charge in [-0.1, -0.05) is 30.4 Å². The first-order valence-corrected chi connectivity index (χ1v) is 3.97. The molecular weight excluding hydrogens is 151 g/mol. The molecule has 0 fully saturated rings. The number of rotatable bonds is 3. The Hall–Kier alpha value is -0.850. The lowest BCUT2D eigenvalue weighted by Gasteiger charge is -2.19. The van der Waals surface area contributed by atoms with Crippen molar-refractivity contribution in [2.75, 3.05) is 0 Å². The summed E-state index contributed by atoms with van der Waals surface area (Å²) in [6, 6.07) is 0. The predicted molar refractivity (Wildman–Crippen MR) is 52.9 cm³/mol. The number of halogens is 1. The van der Waals surface area contributed by atoms with E-state index < -0.39 is 5.67 Å². The molecule has 0 spiro atoms. The Kier molecular flexibility index (Phi) is 3.44. The molecule has 0 unspecified atom stereocenters. The molecule has 0 aromatic rings. The van der Waals surface area contributed by atoms with Gasteiger partial charge in [0.1, 0.15) is 5.67 Å². The van der Waals surface area contributed by atoms with Gasteiger partial charge in [-0.05, 0) is 33.3 Å². The molecule has 0 N–H and O–H groups in total. The molecule has 68 valence electrons. The lowest BCUT2D eigenvalue weighted by atomic mass is 9.93. The summed E-state index contributed by atoms with van der Waals surface area (Å²) >= 11 is 0. The van der Waals surface area contributed by atoms with Crippen LogP contribution in [0.15, 0.2) is 36.0 Å². The van der Waals surface area contributed by atoms with Crippen LogP contribution >= 0.6 is 0 Å². The zero-order valence-corrected chi connectivity index (χ0v) is 8.37. The fourth-order valence-electron chi connectivity index (χ4n) is 1.05. The molecule has 0 amide bonds. The second kappa shape index (κ2) is 3.70. The number of hydrogen-bond donors (Lipinski definition) is 0. The van der Waals surface area contributed by atoms with Crippen molar-refractivity contribution in [2.45, 2.75) is 33.4 Å². The van der Waals surface area contributed by atoms with Crippen LogP contribution in [0.2, 0.25) is 0 Å². The molecule has 0 aliphatic heterocycles. The van der Waals surface area contributed by atoms with Gasteiger partial charge in [-0.3, -0.25) is 0 Å². The van der Waals surface area contributed by atoms with Crippen molar-refractivity contribution >= 4 is 0 Å². The normalized spacial score (nSPS) is 12.9. The molecule has 0 heterocycles. The highest BCUT2D eigenvalue weighted by Crippen LogP contribution is 2.27. The van der Waals surface area contributed by atoms with Crippen LogP contribution in [0.5, 0.6) is 0 Å². The molecule has 0 nitrogen and oxygen atoms in total. The molecule has 1 heteroatoms. The highest BCUT2D eigenvalue weighted by Gasteiger charge is 2.21. The first kappa shape index (κ1) is 11.2. The summed E-state index contributed by atoms with van der Waals surface area (Å²) in [6.45, 7) is 14.1. The van der Waals surface area contributed by atoms with Crippen LogP contribution in [-0.4, -0.2) is 5.67 Å². The van der Waals surface area contributed by atoms with Gasteiger partial charge in [-0.25, -0.2) is 4.39 Å². The van der Waals surface area contributed by atoms with Crippen molar-refractivity contribution in [3.8, 4) is 0 Å². The van der Waals surface area contributed by atoms with Gasteiger partial charge < -0.3 is 0 Å². The van der Waals surface area contributed by atoms with E-state index in [1.165, 1.54) is 13.8 Å². The largest absolute Gasteiger partial charge is 0.239 e. The summed E-state index contributed by atoms with van der Waals surface area (Å²) in [5, 5.41) is 0. The standard InChI is InChI=1S/C11H17F/c1-8(2)7-10(9(3)4)11(5,6)12/h7H,1,3H2,2,4-6H3/b10-7+. The zero-order valence-electron chi connectivity index (χ0n) is 8.37. The monoisotopic (exact) mass is 168 g/mol. The van der Waals surface area contributed by atoms with Crippen LogP contribution < -0.4 is 0 Å². The van der Waals surface area contributed by atoms with E-state index in [-0.39, 0.29) is 0 Å². The van der Waals surface area contributed by atoms with E-state index in [9.17, 15) is 4.39 Å². The van der Waals surface area contributed by atoms with Gasteiger partial charge in [0.05, 0.1) is 0 Å². The lowest BCUT2D eigenvalue weighted by molar-refractivity contribution is 0.271. The molecule has 0 aliphatic rings. The molecule has 0 rings (SSSR count). The van der Waals surface area contributed by atoms with Crippen LogP contribution in [-0.2, 0) is 0 Å². The quantitative estimate of drug-likeness (QED) is 0.562. The smallest absolute Gasteiger partial charge is 0.130 e. The van der Waals surface area contributed by atoms with Gasteiger partial charge in [0.15, 0.2) is 0 Å². The maximum atomic E-state index is 13.5. The Bertz CT molecular complexity index is 226. The molecule has 12 heavy (non-hydrogen) atoms. The predicted octanol–water partition coefficient (Wildman–Crippen LogP) is 3.81. The van der Waals surface area contributed by atoms with Gasteiger partial charge in [-0.15, -0.1) is 0 Å². The highest BCUT2D eigenvalue weighted by atomic mass is 19.1. The molecule has 0 aromatic heterocycles. The third kappa shape index (κ3) is 3.51. The van der Waals surface area contributed by atoms with E-state index in [1.807, 2.05) is 6.92 Å². The fraction of sp³-hybridized carbons (Fsp3) is 0.455. The Morgan fingerprint density at radius 2 is 1.67 bits per heavy atom. The number of hydrogen-bond acceptors (Lipinski definition) is 0. The zero-order chi connectivity index (χ0) is 9.94.